The number of ether oxygens (including phenoxy) is 1. The van der Waals surface area contributed by atoms with E-state index < -0.39 is 0 Å². The van der Waals surface area contributed by atoms with Gasteiger partial charge in [0.15, 0.2) is 0 Å². The minimum absolute atomic E-state index is 0.247. The lowest BCUT2D eigenvalue weighted by Crippen LogP contribution is -2.09. The largest absolute Gasteiger partial charge is 0.491 e. The van der Waals surface area contributed by atoms with Crippen molar-refractivity contribution in [1.82, 2.24) is 4.98 Å². The molecule has 0 bridgehead atoms. The molecular formula is C16H22N2OS. The average Bonchev–Trinajstić information content (AvgIpc) is 2.75. The number of nitrogens with one attached hydrogen (secondary N) is 1. The minimum Gasteiger partial charge on any atom is -0.491 e. The SMILES string of the molecule is CCC(C)Oc1cccc(NCc2sc(C)nc2C)c1. The van der Waals surface area contributed by atoms with Crippen LogP contribution in [0, 0.1) is 13.8 Å². The molecule has 0 aliphatic heterocycles. The molecule has 0 fully saturated rings. The Labute approximate surface area is 125 Å². The van der Waals surface area contributed by atoms with Crippen LogP contribution in [0.3, 0.4) is 0 Å². The Kier molecular flexibility index (Phi) is 5.01. The first-order valence-electron chi connectivity index (χ1n) is 7.02. The first-order valence-corrected chi connectivity index (χ1v) is 7.83. The number of aryl methyl sites for hydroxylation is 2. The first-order chi connectivity index (χ1) is 9.58. The third-order valence-electron chi connectivity index (χ3n) is 3.20. The van der Waals surface area contributed by atoms with Gasteiger partial charge in [0.1, 0.15) is 5.75 Å². The van der Waals surface area contributed by atoms with E-state index in [9.17, 15) is 0 Å². The molecule has 1 unspecified atom stereocenters. The molecule has 20 heavy (non-hydrogen) atoms. The van der Waals surface area contributed by atoms with Crippen molar-refractivity contribution in [3.63, 3.8) is 0 Å². The van der Waals surface area contributed by atoms with Gasteiger partial charge >= 0.3 is 0 Å². The molecule has 0 saturated carbocycles. The predicted octanol–water partition coefficient (Wildman–Crippen LogP) is 4.55. The number of thiazole rings is 1. The summed E-state index contributed by atoms with van der Waals surface area (Å²) in [6.45, 7) is 9.13. The fraction of sp³-hybridized carbons (Fsp3) is 0.438. The molecule has 4 heteroatoms. The van der Waals surface area contributed by atoms with Crippen LogP contribution in [0.25, 0.3) is 0 Å². The van der Waals surface area contributed by atoms with Crippen molar-refractivity contribution in [3.05, 3.63) is 39.8 Å². The lowest BCUT2D eigenvalue weighted by Gasteiger charge is -2.14. The van der Waals surface area contributed by atoms with Crippen LogP contribution < -0.4 is 10.1 Å². The molecule has 2 rings (SSSR count). The maximum absolute atomic E-state index is 5.83. The second-order valence-electron chi connectivity index (χ2n) is 4.96. The summed E-state index contributed by atoms with van der Waals surface area (Å²) in [5.74, 6) is 0.918. The van der Waals surface area contributed by atoms with Crippen molar-refractivity contribution in [1.29, 1.82) is 0 Å². The summed E-state index contributed by atoms with van der Waals surface area (Å²) in [5.41, 5.74) is 2.20. The Bertz CT molecular complexity index is 565. The summed E-state index contributed by atoms with van der Waals surface area (Å²) >= 11 is 1.75. The van der Waals surface area contributed by atoms with Crippen molar-refractivity contribution in [2.24, 2.45) is 0 Å². The van der Waals surface area contributed by atoms with E-state index in [-0.39, 0.29) is 6.10 Å². The van der Waals surface area contributed by atoms with Crippen molar-refractivity contribution < 1.29 is 4.74 Å². The Morgan fingerprint density at radius 2 is 2.15 bits per heavy atom. The molecule has 1 aromatic heterocycles. The Hall–Kier alpha value is -1.55. The van der Waals surface area contributed by atoms with E-state index in [1.807, 2.05) is 19.1 Å². The lowest BCUT2D eigenvalue weighted by molar-refractivity contribution is 0.217. The second-order valence-corrected chi connectivity index (χ2v) is 6.25. The number of anilines is 1. The molecule has 1 N–H and O–H groups in total. The van der Waals surface area contributed by atoms with E-state index >= 15 is 0 Å². The third kappa shape index (κ3) is 3.97. The van der Waals surface area contributed by atoms with Gasteiger partial charge in [-0.05, 0) is 39.3 Å². The first kappa shape index (κ1) is 14.9. The summed E-state index contributed by atoms with van der Waals surface area (Å²) < 4.78 is 5.83. The summed E-state index contributed by atoms with van der Waals surface area (Å²) in [6.07, 6.45) is 1.26. The smallest absolute Gasteiger partial charge is 0.121 e. The molecule has 0 amide bonds. The van der Waals surface area contributed by atoms with E-state index in [1.165, 1.54) is 4.88 Å². The van der Waals surface area contributed by atoms with Gasteiger partial charge in [-0.3, -0.25) is 0 Å². The fourth-order valence-electron chi connectivity index (χ4n) is 1.91. The zero-order valence-electron chi connectivity index (χ0n) is 12.6. The molecule has 2 aromatic rings. The Morgan fingerprint density at radius 1 is 1.35 bits per heavy atom. The van der Waals surface area contributed by atoms with Crippen molar-refractivity contribution in [3.8, 4) is 5.75 Å². The van der Waals surface area contributed by atoms with Gasteiger partial charge in [-0.15, -0.1) is 11.3 Å². The fourth-order valence-corrected chi connectivity index (χ4v) is 2.79. The highest BCUT2D eigenvalue weighted by molar-refractivity contribution is 7.11. The van der Waals surface area contributed by atoms with Crippen LogP contribution in [0.5, 0.6) is 5.75 Å². The van der Waals surface area contributed by atoms with Crippen LogP contribution >= 0.6 is 11.3 Å². The number of aromatic nitrogens is 1. The van der Waals surface area contributed by atoms with Crippen molar-refractivity contribution in [2.75, 3.05) is 5.32 Å². The summed E-state index contributed by atoms with van der Waals surface area (Å²) in [4.78, 5) is 5.73. The van der Waals surface area contributed by atoms with Crippen molar-refractivity contribution in [2.45, 2.75) is 46.8 Å². The molecule has 3 nitrogen and oxygen atoms in total. The maximum atomic E-state index is 5.83. The minimum atomic E-state index is 0.247. The van der Waals surface area contributed by atoms with Crippen LogP contribution in [-0.4, -0.2) is 11.1 Å². The molecule has 0 aliphatic carbocycles. The number of nitrogens with zero attached hydrogens (tertiary/aromatic N) is 1. The van der Waals surface area contributed by atoms with E-state index in [2.05, 4.69) is 43.2 Å². The zero-order valence-corrected chi connectivity index (χ0v) is 13.4. The third-order valence-corrected chi connectivity index (χ3v) is 4.27. The zero-order chi connectivity index (χ0) is 14.5. The van der Waals surface area contributed by atoms with E-state index in [0.717, 1.165) is 35.1 Å². The molecule has 0 saturated heterocycles. The molecule has 1 heterocycles. The Morgan fingerprint density at radius 3 is 2.80 bits per heavy atom. The normalized spacial score (nSPS) is 12.2. The van der Waals surface area contributed by atoms with Gasteiger partial charge in [0, 0.05) is 16.6 Å². The molecule has 1 aromatic carbocycles. The van der Waals surface area contributed by atoms with Gasteiger partial charge < -0.3 is 10.1 Å². The quantitative estimate of drug-likeness (QED) is 0.847. The van der Waals surface area contributed by atoms with Gasteiger partial charge in [0.25, 0.3) is 0 Å². The second kappa shape index (κ2) is 6.75. The van der Waals surface area contributed by atoms with E-state index in [1.54, 1.807) is 11.3 Å². The topological polar surface area (TPSA) is 34.1 Å². The highest BCUT2D eigenvalue weighted by Gasteiger charge is 2.05. The van der Waals surface area contributed by atoms with E-state index in [4.69, 9.17) is 4.74 Å². The Balaban J connectivity index is 1.99. The number of hydrogen-bond donors (Lipinski definition) is 1. The summed E-state index contributed by atoms with van der Waals surface area (Å²) in [7, 11) is 0. The number of benzene rings is 1. The monoisotopic (exact) mass is 290 g/mol. The van der Waals surface area contributed by atoms with Crippen LogP contribution in [-0.2, 0) is 6.54 Å². The molecule has 0 radical (unpaired) electrons. The van der Waals surface area contributed by atoms with Crippen LogP contribution in [0.1, 0.15) is 35.8 Å². The highest BCUT2D eigenvalue weighted by atomic mass is 32.1. The molecule has 1 atom stereocenters. The van der Waals surface area contributed by atoms with Gasteiger partial charge in [-0.2, -0.15) is 0 Å². The van der Waals surface area contributed by atoms with Crippen LogP contribution in [0.2, 0.25) is 0 Å². The molecule has 0 spiro atoms. The molecule has 108 valence electrons. The summed E-state index contributed by atoms with van der Waals surface area (Å²) in [5, 5.41) is 4.56. The number of hydrogen-bond acceptors (Lipinski definition) is 4. The van der Waals surface area contributed by atoms with Gasteiger partial charge in [-0.25, -0.2) is 4.98 Å². The average molecular weight is 290 g/mol. The predicted molar refractivity (Wildman–Crippen MR) is 85.7 cm³/mol. The van der Waals surface area contributed by atoms with Gasteiger partial charge in [0.2, 0.25) is 0 Å². The van der Waals surface area contributed by atoms with Crippen molar-refractivity contribution >= 4 is 17.0 Å². The standard InChI is InChI=1S/C16H22N2OS/c1-5-11(2)19-15-8-6-7-14(9-15)17-10-16-12(3)18-13(4)20-16/h6-9,11,17H,5,10H2,1-4H3. The molecular weight excluding hydrogens is 268 g/mol. The van der Waals surface area contributed by atoms with Gasteiger partial charge in [-0.1, -0.05) is 13.0 Å². The highest BCUT2D eigenvalue weighted by Crippen LogP contribution is 2.22. The van der Waals surface area contributed by atoms with E-state index in [0.29, 0.717) is 0 Å². The van der Waals surface area contributed by atoms with Crippen LogP contribution in [0.4, 0.5) is 5.69 Å². The summed E-state index contributed by atoms with van der Waals surface area (Å²) in [6, 6.07) is 8.13. The molecule has 0 aliphatic rings. The number of rotatable bonds is 6. The maximum Gasteiger partial charge on any atom is 0.121 e. The van der Waals surface area contributed by atoms with Gasteiger partial charge in [0.05, 0.1) is 23.4 Å². The van der Waals surface area contributed by atoms with Crippen LogP contribution in [0.15, 0.2) is 24.3 Å². The lowest BCUT2D eigenvalue weighted by atomic mass is 10.2.